The van der Waals surface area contributed by atoms with Crippen LogP contribution in [-0.2, 0) is 6.42 Å². The maximum absolute atomic E-state index is 5.89. The lowest BCUT2D eigenvalue weighted by Gasteiger charge is -2.19. The van der Waals surface area contributed by atoms with Gasteiger partial charge in [0.1, 0.15) is 0 Å². The minimum Gasteiger partial charge on any atom is -0.329 e. The first-order valence-corrected chi connectivity index (χ1v) is 5.93. The highest BCUT2D eigenvalue weighted by atomic mass is 14.7. The van der Waals surface area contributed by atoms with Crippen molar-refractivity contribution in [3.8, 4) is 0 Å². The van der Waals surface area contributed by atoms with E-state index in [0.29, 0.717) is 6.54 Å². The Morgan fingerprint density at radius 3 is 2.88 bits per heavy atom. The number of aryl methyl sites for hydroxylation is 2. The summed E-state index contributed by atoms with van der Waals surface area (Å²) >= 11 is 0. The average Bonchev–Trinajstić information content (AvgIpc) is 2.28. The molecule has 2 rings (SSSR count). The summed E-state index contributed by atoms with van der Waals surface area (Å²) in [7, 11) is 0. The van der Waals surface area contributed by atoms with Gasteiger partial charge in [-0.1, -0.05) is 35.4 Å². The lowest BCUT2D eigenvalue weighted by molar-refractivity contribution is 0.656. The molecule has 0 radical (unpaired) electrons. The number of nitrogens with two attached hydrogens (primary N) is 2. The van der Waals surface area contributed by atoms with Crippen LogP contribution in [0.25, 0.3) is 6.08 Å². The highest BCUT2D eigenvalue weighted by Gasteiger charge is 2.12. The van der Waals surface area contributed by atoms with Gasteiger partial charge < -0.3 is 11.5 Å². The van der Waals surface area contributed by atoms with Crippen LogP contribution >= 0.6 is 0 Å². The van der Waals surface area contributed by atoms with E-state index in [2.05, 4.69) is 31.2 Å². The van der Waals surface area contributed by atoms with Crippen LogP contribution in [0.3, 0.4) is 0 Å². The van der Waals surface area contributed by atoms with Gasteiger partial charge in [0.15, 0.2) is 0 Å². The second kappa shape index (κ2) is 4.81. The normalized spacial score (nSPS) is 16.6. The lowest BCUT2D eigenvalue weighted by Crippen LogP contribution is -2.30. The molecule has 0 saturated heterocycles. The molecule has 1 aliphatic carbocycles. The van der Waals surface area contributed by atoms with E-state index >= 15 is 0 Å². The summed E-state index contributed by atoms with van der Waals surface area (Å²) in [6.07, 6.45) is 5.49. The van der Waals surface area contributed by atoms with Gasteiger partial charge in [-0.25, -0.2) is 0 Å². The smallest absolute Gasteiger partial charge is 0.0200 e. The summed E-state index contributed by atoms with van der Waals surface area (Å²) in [6.45, 7) is 2.70. The SMILES string of the molecule is Cc1ccc2c(c1)C=C(C[C@@H](N)CN)CC2. The molecule has 86 valence electrons. The molecule has 0 unspecified atom stereocenters. The minimum atomic E-state index is 0.109. The van der Waals surface area contributed by atoms with Crippen LogP contribution < -0.4 is 11.5 Å². The monoisotopic (exact) mass is 216 g/mol. The largest absolute Gasteiger partial charge is 0.329 e. The van der Waals surface area contributed by atoms with E-state index in [9.17, 15) is 0 Å². The molecule has 0 saturated carbocycles. The van der Waals surface area contributed by atoms with Gasteiger partial charge in [0.2, 0.25) is 0 Å². The second-order valence-corrected chi connectivity index (χ2v) is 4.70. The van der Waals surface area contributed by atoms with Gasteiger partial charge in [-0.05, 0) is 37.3 Å². The molecule has 0 aromatic heterocycles. The second-order valence-electron chi connectivity index (χ2n) is 4.70. The molecule has 1 aliphatic rings. The van der Waals surface area contributed by atoms with Crippen LogP contribution in [0.4, 0.5) is 0 Å². The first-order valence-electron chi connectivity index (χ1n) is 5.93. The Labute approximate surface area is 97.3 Å². The molecular weight excluding hydrogens is 196 g/mol. The number of fused-ring (bicyclic) bond motifs is 1. The maximum Gasteiger partial charge on any atom is 0.0200 e. The van der Waals surface area contributed by atoms with Gasteiger partial charge in [-0.2, -0.15) is 0 Å². The van der Waals surface area contributed by atoms with Crippen LogP contribution in [0.2, 0.25) is 0 Å². The van der Waals surface area contributed by atoms with Crippen molar-refractivity contribution in [2.24, 2.45) is 11.5 Å². The molecule has 0 aliphatic heterocycles. The quantitative estimate of drug-likeness (QED) is 0.812. The van der Waals surface area contributed by atoms with Crippen molar-refractivity contribution >= 4 is 6.08 Å². The van der Waals surface area contributed by atoms with Crippen molar-refractivity contribution in [3.63, 3.8) is 0 Å². The first kappa shape index (κ1) is 11.4. The van der Waals surface area contributed by atoms with Gasteiger partial charge in [-0.15, -0.1) is 0 Å². The fourth-order valence-electron chi connectivity index (χ4n) is 2.24. The summed E-state index contributed by atoms with van der Waals surface area (Å²) in [5, 5.41) is 0. The van der Waals surface area contributed by atoms with E-state index in [1.54, 1.807) is 0 Å². The third-order valence-corrected chi connectivity index (χ3v) is 3.20. The topological polar surface area (TPSA) is 52.0 Å². The Kier molecular flexibility index (Phi) is 3.42. The van der Waals surface area contributed by atoms with E-state index in [4.69, 9.17) is 11.5 Å². The van der Waals surface area contributed by atoms with Gasteiger partial charge in [-0.3, -0.25) is 0 Å². The first-order chi connectivity index (χ1) is 7.69. The van der Waals surface area contributed by atoms with Gasteiger partial charge in [0, 0.05) is 12.6 Å². The molecule has 0 heterocycles. The van der Waals surface area contributed by atoms with Crippen molar-refractivity contribution in [1.29, 1.82) is 0 Å². The molecule has 0 fully saturated rings. The Morgan fingerprint density at radius 2 is 2.12 bits per heavy atom. The van der Waals surface area contributed by atoms with E-state index in [0.717, 1.165) is 19.3 Å². The fraction of sp³-hybridized carbons (Fsp3) is 0.429. The van der Waals surface area contributed by atoms with Gasteiger partial charge in [0.05, 0.1) is 0 Å². The Hall–Kier alpha value is -1.12. The minimum absolute atomic E-state index is 0.109. The standard InChI is InChI=1S/C14H20N2/c1-10-2-4-12-5-3-11(7-13(12)6-10)8-14(16)9-15/h2,4,6-7,14H,3,5,8-9,15-16H2,1H3/t14-/m1/s1. The van der Waals surface area contributed by atoms with Gasteiger partial charge in [0.25, 0.3) is 0 Å². The van der Waals surface area contributed by atoms with Gasteiger partial charge >= 0.3 is 0 Å². The van der Waals surface area contributed by atoms with E-state index in [1.807, 2.05) is 0 Å². The molecule has 2 heteroatoms. The van der Waals surface area contributed by atoms with Crippen LogP contribution in [-0.4, -0.2) is 12.6 Å². The van der Waals surface area contributed by atoms with Crippen molar-refractivity contribution in [2.75, 3.05) is 6.54 Å². The molecule has 0 spiro atoms. The van der Waals surface area contributed by atoms with Crippen molar-refractivity contribution in [3.05, 3.63) is 40.5 Å². The van der Waals surface area contributed by atoms with Crippen LogP contribution in [0, 0.1) is 6.92 Å². The predicted molar refractivity (Wildman–Crippen MR) is 69.1 cm³/mol. The Bertz CT molecular complexity index is 407. The van der Waals surface area contributed by atoms with Crippen LogP contribution in [0.5, 0.6) is 0 Å². The molecule has 1 aromatic carbocycles. The third kappa shape index (κ3) is 2.52. The lowest BCUT2D eigenvalue weighted by atomic mass is 9.88. The molecule has 1 aromatic rings. The maximum atomic E-state index is 5.89. The third-order valence-electron chi connectivity index (χ3n) is 3.20. The molecule has 0 bridgehead atoms. The van der Waals surface area contributed by atoms with E-state index < -0.39 is 0 Å². The summed E-state index contributed by atoms with van der Waals surface area (Å²) in [6, 6.07) is 6.78. The molecule has 1 atom stereocenters. The van der Waals surface area contributed by atoms with E-state index in [-0.39, 0.29) is 6.04 Å². The van der Waals surface area contributed by atoms with Crippen molar-refractivity contribution < 1.29 is 0 Å². The summed E-state index contributed by atoms with van der Waals surface area (Å²) in [5.41, 5.74) is 17.0. The average molecular weight is 216 g/mol. The zero-order valence-corrected chi connectivity index (χ0v) is 9.87. The van der Waals surface area contributed by atoms with Crippen LogP contribution in [0.15, 0.2) is 23.8 Å². The summed E-state index contributed by atoms with van der Waals surface area (Å²) in [4.78, 5) is 0. The Balaban J connectivity index is 2.20. The summed E-state index contributed by atoms with van der Waals surface area (Å²) < 4.78 is 0. The fourth-order valence-corrected chi connectivity index (χ4v) is 2.24. The zero-order chi connectivity index (χ0) is 11.5. The van der Waals surface area contributed by atoms with Crippen molar-refractivity contribution in [1.82, 2.24) is 0 Å². The highest BCUT2D eigenvalue weighted by Crippen LogP contribution is 2.26. The molecule has 4 N–H and O–H groups in total. The summed E-state index contributed by atoms with van der Waals surface area (Å²) in [5.74, 6) is 0. The number of hydrogen-bond acceptors (Lipinski definition) is 2. The van der Waals surface area contributed by atoms with Crippen molar-refractivity contribution in [2.45, 2.75) is 32.2 Å². The van der Waals surface area contributed by atoms with E-state index in [1.165, 1.54) is 22.3 Å². The molecule has 2 nitrogen and oxygen atoms in total. The number of rotatable bonds is 3. The number of hydrogen-bond donors (Lipinski definition) is 2. The molecular formula is C14H20N2. The highest BCUT2D eigenvalue weighted by molar-refractivity contribution is 5.60. The Morgan fingerprint density at radius 1 is 1.31 bits per heavy atom. The molecule has 0 amide bonds. The zero-order valence-electron chi connectivity index (χ0n) is 9.87. The van der Waals surface area contributed by atoms with Crippen LogP contribution in [0.1, 0.15) is 29.5 Å². The number of benzene rings is 1. The molecule has 16 heavy (non-hydrogen) atoms. The predicted octanol–water partition coefficient (Wildman–Crippen LogP) is 2.00.